The Morgan fingerprint density at radius 1 is 1.28 bits per heavy atom. The zero-order valence-corrected chi connectivity index (χ0v) is 21.5. The predicted molar refractivity (Wildman–Crippen MR) is 138 cm³/mol. The van der Waals surface area contributed by atoms with E-state index in [1.54, 1.807) is 30.0 Å². The van der Waals surface area contributed by atoms with Crippen molar-refractivity contribution in [2.24, 2.45) is 5.92 Å². The zero-order chi connectivity index (χ0) is 23.1. The van der Waals surface area contributed by atoms with Crippen LogP contribution in [0.3, 0.4) is 0 Å². The lowest BCUT2D eigenvalue weighted by Gasteiger charge is -2.42. The van der Waals surface area contributed by atoms with Gasteiger partial charge in [0.1, 0.15) is 5.83 Å². The Morgan fingerprint density at radius 2 is 2.09 bits per heavy atom. The molecule has 0 aromatic heterocycles. The Balaban J connectivity index is 1.51. The number of thioether (sulfide) groups is 1. The summed E-state index contributed by atoms with van der Waals surface area (Å²) in [6.45, 7) is 11.1. The number of nitrogens with zero attached hydrogens (tertiary/aromatic N) is 2. The number of likely N-dealkylation sites (N-methyl/N-ethyl adjacent to an activating group) is 1. The molecule has 176 valence electrons. The van der Waals surface area contributed by atoms with Gasteiger partial charge >= 0.3 is 0 Å². The second kappa shape index (κ2) is 12.2. The van der Waals surface area contributed by atoms with Crippen LogP contribution in [0, 0.1) is 5.92 Å². The van der Waals surface area contributed by atoms with E-state index in [0.717, 1.165) is 50.8 Å². The van der Waals surface area contributed by atoms with Crippen molar-refractivity contribution in [1.29, 1.82) is 0 Å². The van der Waals surface area contributed by atoms with Crippen molar-refractivity contribution in [2.45, 2.75) is 51.4 Å². The summed E-state index contributed by atoms with van der Waals surface area (Å²) in [5.41, 5.74) is 2.65. The van der Waals surface area contributed by atoms with Gasteiger partial charge in [-0.05, 0) is 56.3 Å². The van der Waals surface area contributed by atoms with E-state index in [9.17, 15) is 9.18 Å². The van der Waals surface area contributed by atoms with Crippen molar-refractivity contribution in [3.63, 3.8) is 0 Å². The Labute approximate surface area is 199 Å². The Hall–Kier alpha value is -1.36. The summed E-state index contributed by atoms with van der Waals surface area (Å²) in [5.74, 6) is -0.961. The second-order valence-electron chi connectivity index (χ2n) is 8.65. The van der Waals surface area contributed by atoms with Gasteiger partial charge in [0.15, 0.2) is 5.78 Å². The first kappa shape index (κ1) is 25.3. The molecule has 0 amide bonds. The summed E-state index contributed by atoms with van der Waals surface area (Å²) in [6, 6.07) is 0.595. The molecule has 3 rings (SSSR count). The number of piperazine rings is 1. The SMILES string of the molecule is CCC(NC1=CC=C(N2CCN(CC)C(C)C2)CC1)SCC(=O)C1C=C(P)C=CC=C1F. The Morgan fingerprint density at radius 3 is 2.75 bits per heavy atom. The van der Waals surface area contributed by atoms with Gasteiger partial charge in [0.25, 0.3) is 0 Å². The number of allylic oxidation sites excluding steroid dienone is 10. The van der Waals surface area contributed by atoms with Gasteiger partial charge in [-0.3, -0.25) is 9.69 Å². The third-order valence-electron chi connectivity index (χ3n) is 6.40. The first-order valence-corrected chi connectivity index (χ1v) is 13.3. The number of hydrogen-bond donors (Lipinski definition) is 1. The van der Waals surface area contributed by atoms with Crippen LogP contribution in [-0.2, 0) is 4.79 Å². The smallest absolute Gasteiger partial charge is 0.156 e. The van der Waals surface area contributed by atoms with Gasteiger partial charge in [-0.2, -0.15) is 0 Å². The van der Waals surface area contributed by atoms with E-state index >= 15 is 0 Å². The van der Waals surface area contributed by atoms with E-state index in [-0.39, 0.29) is 17.0 Å². The van der Waals surface area contributed by atoms with E-state index in [1.807, 2.05) is 0 Å². The fraction of sp³-hybridized carbons (Fsp3) is 0.560. The molecule has 1 saturated heterocycles. The number of nitrogens with one attached hydrogen (secondary N) is 1. The minimum atomic E-state index is -0.780. The molecule has 0 radical (unpaired) electrons. The number of halogens is 1. The molecule has 0 saturated carbocycles. The number of carbonyl (C=O) groups excluding carboxylic acids is 1. The fourth-order valence-corrected chi connectivity index (χ4v) is 5.72. The number of carbonyl (C=O) groups is 1. The molecule has 1 N–H and O–H groups in total. The average Bonchev–Trinajstić information content (AvgIpc) is 2.97. The van der Waals surface area contributed by atoms with Crippen LogP contribution in [0.15, 0.2) is 59.0 Å². The number of Topliss-reactive ketones (excluding diaryl/α,β-unsaturated/α-hetero) is 1. The quantitative estimate of drug-likeness (QED) is 0.374. The highest BCUT2D eigenvalue weighted by Gasteiger charge is 2.25. The summed E-state index contributed by atoms with van der Waals surface area (Å²) in [5, 5.41) is 4.58. The first-order valence-electron chi connectivity index (χ1n) is 11.7. The van der Waals surface area contributed by atoms with Crippen molar-refractivity contribution in [1.82, 2.24) is 15.1 Å². The molecule has 32 heavy (non-hydrogen) atoms. The van der Waals surface area contributed by atoms with Crippen LogP contribution in [0.4, 0.5) is 4.39 Å². The zero-order valence-electron chi connectivity index (χ0n) is 19.5. The average molecular weight is 478 g/mol. The summed E-state index contributed by atoms with van der Waals surface area (Å²) >= 11 is 1.57. The van der Waals surface area contributed by atoms with Gasteiger partial charge in [-0.1, -0.05) is 32.1 Å². The number of ketones is 1. The fourth-order valence-electron chi connectivity index (χ4n) is 4.41. The monoisotopic (exact) mass is 477 g/mol. The van der Waals surface area contributed by atoms with Crippen LogP contribution in [0.25, 0.3) is 0 Å². The molecule has 0 spiro atoms. The molecule has 0 aromatic rings. The van der Waals surface area contributed by atoms with E-state index in [2.05, 4.69) is 57.3 Å². The molecule has 1 aliphatic heterocycles. The summed E-state index contributed by atoms with van der Waals surface area (Å²) in [6.07, 6.45) is 13.9. The van der Waals surface area contributed by atoms with Gasteiger partial charge < -0.3 is 10.2 Å². The summed E-state index contributed by atoms with van der Waals surface area (Å²) < 4.78 is 14.3. The molecule has 7 heteroatoms. The lowest BCUT2D eigenvalue weighted by Crippen LogP contribution is -2.51. The van der Waals surface area contributed by atoms with Crippen LogP contribution in [0.2, 0.25) is 0 Å². The normalized spacial score (nSPS) is 25.3. The topological polar surface area (TPSA) is 35.6 Å². The lowest BCUT2D eigenvalue weighted by molar-refractivity contribution is -0.118. The number of rotatable bonds is 9. The molecule has 1 fully saturated rings. The van der Waals surface area contributed by atoms with Crippen molar-refractivity contribution in [3.05, 3.63) is 59.0 Å². The maximum absolute atomic E-state index is 14.3. The molecule has 1 heterocycles. The third kappa shape index (κ3) is 6.82. The minimum absolute atomic E-state index is 0.0900. The van der Waals surface area contributed by atoms with Crippen molar-refractivity contribution < 1.29 is 9.18 Å². The molecular weight excluding hydrogens is 440 g/mol. The van der Waals surface area contributed by atoms with E-state index < -0.39 is 5.92 Å². The molecular formula is C25H37FN3OPS. The molecule has 4 unspecified atom stereocenters. The maximum Gasteiger partial charge on any atom is 0.156 e. The molecule has 4 nitrogen and oxygen atoms in total. The second-order valence-corrected chi connectivity index (χ2v) is 10.5. The highest BCUT2D eigenvalue weighted by Crippen LogP contribution is 2.27. The largest absolute Gasteiger partial charge is 0.377 e. The van der Waals surface area contributed by atoms with Crippen LogP contribution in [-0.4, -0.2) is 58.9 Å². The first-order chi connectivity index (χ1) is 15.4. The summed E-state index contributed by atoms with van der Waals surface area (Å²) in [7, 11) is 2.55. The predicted octanol–water partition coefficient (Wildman–Crippen LogP) is 5.00. The van der Waals surface area contributed by atoms with Gasteiger partial charge in [-0.15, -0.1) is 21.0 Å². The van der Waals surface area contributed by atoms with Crippen molar-refractivity contribution in [3.8, 4) is 0 Å². The highest BCUT2D eigenvalue weighted by molar-refractivity contribution is 8.00. The summed E-state index contributed by atoms with van der Waals surface area (Å²) in [4.78, 5) is 17.7. The molecule has 0 aromatic carbocycles. The molecule has 0 bridgehead atoms. The van der Waals surface area contributed by atoms with Crippen LogP contribution < -0.4 is 5.32 Å². The Bertz CT molecular complexity index is 835. The van der Waals surface area contributed by atoms with E-state index in [4.69, 9.17) is 0 Å². The number of hydrogen-bond acceptors (Lipinski definition) is 5. The van der Waals surface area contributed by atoms with E-state index in [0.29, 0.717) is 11.8 Å². The van der Waals surface area contributed by atoms with Crippen molar-refractivity contribution in [2.75, 3.05) is 31.9 Å². The van der Waals surface area contributed by atoms with Gasteiger partial charge in [-0.25, -0.2) is 4.39 Å². The minimum Gasteiger partial charge on any atom is -0.377 e. The maximum atomic E-state index is 14.3. The van der Waals surface area contributed by atoms with Crippen LogP contribution >= 0.6 is 21.0 Å². The lowest BCUT2D eigenvalue weighted by atomic mass is 10.0. The van der Waals surface area contributed by atoms with E-state index in [1.165, 1.54) is 17.5 Å². The standard InChI is InChI=1S/C25H37FN3OPS/c1-4-25(32-17-24(30)22-15-21(31)7-6-8-23(22)26)27-19-9-11-20(12-10-19)29-14-13-28(5-2)18(3)16-29/h6-9,11,15,18,22,25,27H,4-5,10,12-14,16-17,31H2,1-3H3. The van der Waals surface area contributed by atoms with Gasteiger partial charge in [0.2, 0.25) is 0 Å². The molecule has 2 aliphatic carbocycles. The van der Waals surface area contributed by atoms with Crippen LogP contribution in [0.5, 0.6) is 0 Å². The molecule has 3 aliphatic rings. The van der Waals surface area contributed by atoms with Crippen LogP contribution in [0.1, 0.15) is 40.0 Å². The van der Waals surface area contributed by atoms with Crippen molar-refractivity contribution >= 4 is 26.8 Å². The molecule has 4 atom stereocenters. The van der Waals surface area contributed by atoms with Gasteiger partial charge in [0, 0.05) is 37.1 Å². The van der Waals surface area contributed by atoms with Gasteiger partial charge in [0.05, 0.1) is 17.0 Å². The Kier molecular flexibility index (Phi) is 9.63. The third-order valence-corrected chi connectivity index (χ3v) is 8.09. The highest BCUT2D eigenvalue weighted by atomic mass is 32.2.